The highest BCUT2D eigenvalue weighted by Crippen LogP contribution is 2.61. The number of epoxide rings is 1. The van der Waals surface area contributed by atoms with Crippen LogP contribution < -0.4 is 0 Å². The SMILES string of the molecule is C/C1=C\CC[C@](C)(O)[C@H]2C[C@@H]2[C@@](C)(CCC2OC2(C)C)CC1. The molecule has 1 aliphatic heterocycles. The molecule has 0 radical (unpaired) electrons. The molecule has 1 unspecified atom stereocenters. The minimum Gasteiger partial charge on any atom is -0.390 e. The fourth-order valence-corrected chi connectivity index (χ4v) is 4.73. The Morgan fingerprint density at radius 3 is 2.50 bits per heavy atom. The van der Waals surface area contributed by atoms with E-state index in [0.717, 1.165) is 12.8 Å². The van der Waals surface area contributed by atoms with Gasteiger partial charge in [-0.15, -0.1) is 0 Å². The maximum Gasteiger partial charge on any atom is 0.0892 e. The molecule has 0 amide bonds. The molecule has 1 saturated carbocycles. The van der Waals surface area contributed by atoms with Gasteiger partial charge in [0.15, 0.2) is 0 Å². The average Bonchev–Trinajstić information content (AvgIpc) is 3.29. The van der Waals surface area contributed by atoms with Crippen LogP contribution in [0.4, 0.5) is 0 Å². The zero-order valence-electron chi connectivity index (χ0n) is 15.1. The zero-order chi connectivity index (χ0) is 16.2. The van der Waals surface area contributed by atoms with Gasteiger partial charge in [0, 0.05) is 0 Å². The van der Waals surface area contributed by atoms with Crippen molar-refractivity contribution in [2.45, 2.75) is 96.9 Å². The van der Waals surface area contributed by atoms with E-state index in [0.29, 0.717) is 23.4 Å². The Hall–Kier alpha value is -0.340. The Kier molecular flexibility index (Phi) is 4.01. The Morgan fingerprint density at radius 1 is 1.18 bits per heavy atom. The number of ether oxygens (including phenoxy) is 1. The van der Waals surface area contributed by atoms with Crippen LogP contribution in [0, 0.1) is 17.3 Å². The fraction of sp³-hybridized carbons (Fsp3) is 0.900. The van der Waals surface area contributed by atoms with Crippen LogP contribution in [0.3, 0.4) is 0 Å². The largest absolute Gasteiger partial charge is 0.390 e. The van der Waals surface area contributed by atoms with Gasteiger partial charge in [-0.05, 0) is 89.9 Å². The van der Waals surface area contributed by atoms with E-state index in [4.69, 9.17) is 4.74 Å². The third-order valence-electron chi connectivity index (χ3n) is 6.86. The number of hydrogen-bond donors (Lipinski definition) is 1. The van der Waals surface area contributed by atoms with E-state index >= 15 is 0 Å². The summed E-state index contributed by atoms with van der Waals surface area (Å²) in [6.45, 7) is 11.2. The monoisotopic (exact) mass is 306 g/mol. The van der Waals surface area contributed by atoms with E-state index < -0.39 is 5.60 Å². The topological polar surface area (TPSA) is 32.8 Å². The van der Waals surface area contributed by atoms with Gasteiger partial charge < -0.3 is 9.84 Å². The maximum atomic E-state index is 10.8. The van der Waals surface area contributed by atoms with Gasteiger partial charge in [0.2, 0.25) is 0 Å². The summed E-state index contributed by atoms with van der Waals surface area (Å²) >= 11 is 0. The van der Waals surface area contributed by atoms with Crippen LogP contribution in [0.25, 0.3) is 0 Å². The molecule has 126 valence electrons. The van der Waals surface area contributed by atoms with Gasteiger partial charge in [-0.3, -0.25) is 0 Å². The predicted octanol–water partition coefficient (Wildman–Crippen LogP) is 4.86. The molecule has 0 bridgehead atoms. The van der Waals surface area contributed by atoms with Crippen molar-refractivity contribution in [1.82, 2.24) is 0 Å². The normalized spacial score (nSPS) is 49.7. The van der Waals surface area contributed by atoms with Crippen molar-refractivity contribution < 1.29 is 9.84 Å². The van der Waals surface area contributed by atoms with Crippen LogP contribution in [-0.2, 0) is 4.74 Å². The summed E-state index contributed by atoms with van der Waals surface area (Å²) in [7, 11) is 0. The van der Waals surface area contributed by atoms with Crippen molar-refractivity contribution >= 4 is 0 Å². The second-order valence-corrected chi connectivity index (χ2v) is 9.30. The standard InChI is InChI=1S/C20H34O2/c1-14-7-6-10-20(5,21)16-13-15(16)19(4,11-8-14)12-9-17-18(2,3)22-17/h7,15-17,21H,6,8-13H2,1-5H3/b14-7+/t15-,16-,17?,19+,20-/m0/s1. The number of rotatable bonds is 3. The second-order valence-electron chi connectivity index (χ2n) is 9.30. The average molecular weight is 306 g/mol. The molecular formula is C20H34O2. The quantitative estimate of drug-likeness (QED) is 0.597. The van der Waals surface area contributed by atoms with Crippen LogP contribution in [0.2, 0.25) is 0 Å². The van der Waals surface area contributed by atoms with Gasteiger partial charge in [-0.25, -0.2) is 0 Å². The highest BCUT2D eigenvalue weighted by Gasteiger charge is 2.57. The van der Waals surface area contributed by atoms with E-state index in [9.17, 15) is 5.11 Å². The van der Waals surface area contributed by atoms with Crippen LogP contribution in [0.5, 0.6) is 0 Å². The Balaban J connectivity index is 1.70. The molecule has 2 aliphatic carbocycles. The highest BCUT2D eigenvalue weighted by molar-refractivity contribution is 5.10. The third-order valence-corrected chi connectivity index (χ3v) is 6.86. The minimum absolute atomic E-state index is 0.108. The molecular weight excluding hydrogens is 272 g/mol. The van der Waals surface area contributed by atoms with E-state index in [1.807, 2.05) is 0 Å². The minimum atomic E-state index is -0.477. The third kappa shape index (κ3) is 3.28. The van der Waals surface area contributed by atoms with Gasteiger partial charge in [0.1, 0.15) is 0 Å². The van der Waals surface area contributed by atoms with Crippen molar-refractivity contribution in [2.75, 3.05) is 0 Å². The lowest BCUT2D eigenvalue weighted by Gasteiger charge is -2.34. The molecule has 2 nitrogen and oxygen atoms in total. The summed E-state index contributed by atoms with van der Waals surface area (Å²) in [6.07, 6.45) is 10.9. The van der Waals surface area contributed by atoms with E-state index in [2.05, 4.69) is 40.7 Å². The molecule has 0 aromatic rings. The van der Waals surface area contributed by atoms with Crippen LogP contribution in [0.15, 0.2) is 11.6 Å². The molecule has 3 rings (SSSR count). The molecule has 0 spiro atoms. The van der Waals surface area contributed by atoms with Crippen molar-refractivity contribution in [2.24, 2.45) is 17.3 Å². The summed E-state index contributed by atoms with van der Waals surface area (Å²) in [5.74, 6) is 1.22. The lowest BCUT2D eigenvalue weighted by atomic mass is 9.72. The number of allylic oxidation sites excluding steroid dienone is 2. The molecule has 1 saturated heterocycles. The Bertz CT molecular complexity index is 462. The lowest BCUT2D eigenvalue weighted by molar-refractivity contribution is 0.0117. The van der Waals surface area contributed by atoms with Crippen LogP contribution in [0.1, 0.15) is 79.6 Å². The van der Waals surface area contributed by atoms with Crippen molar-refractivity contribution in [3.63, 3.8) is 0 Å². The Morgan fingerprint density at radius 2 is 1.86 bits per heavy atom. The smallest absolute Gasteiger partial charge is 0.0892 e. The first-order chi connectivity index (χ1) is 10.1. The number of aliphatic hydroxyl groups is 1. The molecule has 2 heteroatoms. The van der Waals surface area contributed by atoms with Crippen molar-refractivity contribution in [3.05, 3.63) is 11.6 Å². The summed E-state index contributed by atoms with van der Waals surface area (Å²) in [4.78, 5) is 0. The second kappa shape index (κ2) is 5.34. The van der Waals surface area contributed by atoms with Gasteiger partial charge in [0.05, 0.1) is 17.3 Å². The van der Waals surface area contributed by atoms with Gasteiger partial charge >= 0.3 is 0 Å². The molecule has 5 atom stereocenters. The van der Waals surface area contributed by atoms with Crippen molar-refractivity contribution in [1.29, 1.82) is 0 Å². The van der Waals surface area contributed by atoms with Crippen LogP contribution in [-0.4, -0.2) is 22.4 Å². The van der Waals surface area contributed by atoms with Gasteiger partial charge in [0.25, 0.3) is 0 Å². The first-order valence-corrected chi connectivity index (χ1v) is 9.20. The van der Waals surface area contributed by atoms with E-state index in [1.54, 1.807) is 0 Å². The fourth-order valence-electron chi connectivity index (χ4n) is 4.73. The predicted molar refractivity (Wildman–Crippen MR) is 90.7 cm³/mol. The van der Waals surface area contributed by atoms with Gasteiger partial charge in [-0.2, -0.15) is 0 Å². The molecule has 0 aromatic carbocycles. The first kappa shape index (κ1) is 16.5. The summed E-state index contributed by atoms with van der Waals surface area (Å²) in [5, 5.41) is 10.8. The Labute approximate surface area is 136 Å². The van der Waals surface area contributed by atoms with Crippen molar-refractivity contribution in [3.8, 4) is 0 Å². The summed E-state index contributed by atoms with van der Waals surface area (Å²) < 4.78 is 5.79. The molecule has 0 aromatic heterocycles. The number of hydrogen-bond acceptors (Lipinski definition) is 2. The van der Waals surface area contributed by atoms with Crippen LogP contribution >= 0.6 is 0 Å². The summed E-state index contributed by atoms with van der Waals surface area (Å²) in [5.41, 5.74) is 1.50. The first-order valence-electron chi connectivity index (χ1n) is 9.20. The molecule has 2 fully saturated rings. The molecule has 22 heavy (non-hydrogen) atoms. The van der Waals surface area contributed by atoms with E-state index in [-0.39, 0.29) is 5.60 Å². The molecule has 1 heterocycles. The highest BCUT2D eigenvalue weighted by atomic mass is 16.6. The van der Waals surface area contributed by atoms with Gasteiger partial charge in [-0.1, -0.05) is 18.6 Å². The zero-order valence-corrected chi connectivity index (χ0v) is 15.1. The molecule has 1 N–H and O–H groups in total. The number of fused-ring (bicyclic) bond motifs is 1. The maximum absolute atomic E-state index is 10.8. The summed E-state index contributed by atoms with van der Waals surface area (Å²) in [6, 6.07) is 0. The molecule has 3 aliphatic rings. The lowest BCUT2D eigenvalue weighted by Crippen LogP contribution is -2.32. The van der Waals surface area contributed by atoms with E-state index in [1.165, 1.54) is 37.7 Å².